The number of nitrogens with zero attached hydrogens (tertiary/aromatic N) is 3. The lowest BCUT2D eigenvalue weighted by molar-refractivity contribution is -0.137. The van der Waals surface area contributed by atoms with Crippen LogP contribution < -0.4 is 0 Å². The highest BCUT2D eigenvalue weighted by molar-refractivity contribution is 5.89. The minimum Gasteiger partial charge on any atom is -0.467 e. The molecule has 0 aromatic carbocycles. The number of furan rings is 1. The summed E-state index contributed by atoms with van der Waals surface area (Å²) in [5, 5.41) is 9.44. The summed E-state index contributed by atoms with van der Waals surface area (Å²) < 4.78 is 5.28. The van der Waals surface area contributed by atoms with Crippen LogP contribution in [0.1, 0.15) is 19.1 Å². The summed E-state index contributed by atoms with van der Waals surface area (Å²) in [6, 6.07) is 3.63. The van der Waals surface area contributed by atoms with Gasteiger partial charge in [0.15, 0.2) is 0 Å². The van der Waals surface area contributed by atoms with E-state index in [0.717, 1.165) is 18.8 Å². The lowest BCUT2D eigenvalue weighted by atomic mass is 10.1. The zero-order valence-corrected chi connectivity index (χ0v) is 14.1. The van der Waals surface area contributed by atoms with Crippen molar-refractivity contribution >= 4 is 11.8 Å². The van der Waals surface area contributed by atoms with Crippen LogP contribution in [0, 0.1) is 5.92 Å². The maximum Gasteiger partial charge on any atom is 0.228 e. The summed E-state index contributed by atoms with van der Waals surface area (Å²) in [5.41, 5.74) is 0. The van der Waals surface area contributed by atoms with E-state index in [2.05, 4.69) is 4.90 Å². The molecule has 1 aromatic rings. The Labute approximate surface area is 141 Å². The molecule has 2 fully saturated rings. The SMILES string of the molecule is C[C@@H](O)CN1CCN(C(=O)[C@H]2CC(=O)N(Cc3ccco3)C2)CC1. The summed E-state index contributed by atoms with van der Waals surface area (Å²) in [7, 11) is 0. The second-order valence-electron chi connectivity index (χ2n) is 6.73. The van der Waals surface area contributed by atoms with Crippen LogP contribution in [0.15, 0.2) is 22.8 Å². The fraction of sp³-hybridized carbons (Fsp3) is 0.647. The van der Waals surface area contributed by atoms with Crippen molar-refractivity contribution in [1.29, 1.82) is 0 Å². The first kappa shape index (κ1) is 17.0. The van der Waals surface area contributed by atoms with Gasteiger partial charge in [-0.15, -0.1) is 0 Å². The van der Waals surface area contributed by atoms with Gasteiger partial charge in [0.2, 0.25) is 11.8 Å². The molecule has 2 saturated heterocycles. The van der Waals surface area contributed by atoms with Crippen molar-refractivity contribution in [2.75, 3.05) is 39.3 Å². The molecule has 0 spiro atoms. The maximum atomic E-state index is 12.7. The molecule has 2 aliphatic rings. The molecule has 0 radical (unpaired) electrons. The van der Waals surface area contributed by atoms with Gasteiger partial charge in [0, 0.05) is 45.7 Å². The molecule has 7 heteroatoms. The Hall–Kier alpha value is -1.86. The summed E-state index contributed by atoms with van der Waals surface area (Å²) in [6.45, 7) is 6.17. The second kappa shape index (κ2) is 7.36. The predicted octanol–water partition coefficient (Wildman–Crippen LogP) is 0.153. The Morgan fingerprint density at radius 3 is 2.75 bits per heavy atom. The van der Waals surface area contributed by atoms with E-state index in [4.69, 9.17) is 4.42 Å². The number of aliphatic hydroxyl groups excluding tert-OH is 1. The smallest absolute Gasteiger partial charge is 0.228 e. The summed E-state index contributed by atoms with van der Waals surface area (Å²) in [5.74, 6) is 0.568. The zero-order valence-electron chi connectivity index (χ0n) is 14.1. The highest BCUT2D eigenvalue weighted by atomic mass is 16.3. The van der Waals surface area contributed by atoms with E-state index in [9.17, 15) is 14.7 Å². The minimum absolute atomic E-state index is 0.0116. The Balaban J connectivity index is 1.50. The average molecular weight is 335 g/mol. The normalized spacial score (nSPS) is 23.8. The number of piperazine rings is 1. The van der Waals surface area contributed by atoms with Crippen LogP contribution in [0.25, 0.3) is 0 Å². The number of hydrogen-bond acceptors (Lipinski definition) is 5. The lowest BCUT2D eigenvalue weighted by Crippen LogP contribution is -2.51. The van der Waals surface area contributed by atoms with Crippen LogP contribution in [-0.4, -0.2) is 77.0 Å². The van der Waals surface area contributed by atoms with Crippen LogP contribution in [0.2, 0.25) is 0 Å². The highest BCUT2D eigenvalue weighted by Gasteiger charge is 2.37. The first-order valence-electron chi connectivity index (χ1n) is 8.52. The van der Waals surface area contributed by atoms with Gasteiger partial charge in [-0.2, -0.15) is 0 Å². The molecule has 3 heterocycles. The number of aliphatic hydroxyl groups is 1. The van der Waals surface area contributed by atoms with Gasteiger partial charge < -0.3 is 19.3 Å². The monoisotopic (exact) mass is 335 g/mol. The number of β-amino-alcohol motifs (C(OH)–C–C–N with tert-alkyl or cyclic N) is 1. The number of likely N-dealkylation sites (tertiary alicyclic amines) is 1. The largest absolute Gasteiger partial charge is 0.467 e. The van der Waals surface area contributed by atoms with Gasteiger partial charge in [0.1, 0.15) is 5.76 Å². The van der Waals surface area contributed by atoms with Crippen molar-refractivity contribution in [3.63, 3.8) is 0 Å². The number of amides is 2. The molecule has 7 nitrogen and oxygen atoms in total. The summed E-state index contributed by atoms with van der Waals surface area (Å²) in [4.78, 5) is 30.5. The topological polar surface area (TPSA) is 77.2 Å². The van der Waals surface area contributed by atoms with E-state index >= 15 is 0 Å². The highest BCUT2D eigenvalue weighted by Crippen LogP contribution is 2.23. The summed E-state index contributed by atoms with van der Waals surface area (Å²) >= 11 is 0. The zero-order chi connectivity index (χ0) is 17.1. The molecule has 0 saturated carbocycles. The maximum absolute atomic E-state index is 12.7. The number of carbonyl (C=O) groups is 2. The Morgan fingerprint density at radius 2 is 2.12 bits per heavy atom. The third-order valence-electron chi connectivity index (χ3n) is 4.70. The molecular weight excluding hydrogens is 310 g/mol. The average Bonchev–Trinajstić information content (AvgIpc) is 3.18. The van der Waals surface area contributed by atoms with Gasteiger partial charge in [-0.3, -0.25) is 14.5 Å². The van der Waals surface area contributed by atoms with Gasteiger partial charge >= 0.3 is 0 Å². The number of rotatable bonds is 5. The molecule has 24 heavy (non-hydrogen) atoms. The van der Waals surface area contributed by atoms with E-state index < -0.39 is 0 Å². The Bertz CT molecular complexity index is 564. The third-order valence-corrected chi connectivity index (χ3v) is 4.70. The van der Waals surface area contributed by atoms with Gasteiger partial charge in [0.05, 0.1) is 24.8 Å². The van der Waals surface area contributed by atoms with E-state index in [-0.39, 0.29) is 30.3 Å². The van der Waals surface area contributed by atoms with Crippen LogP contribution >= 0.6 is 0 Å². The van der Waals surface area contributed by atoms with Gasteiger partial charge in [-0.1, -0.05) is 0 Å². The fourth-order valence-corrected chi connectivity index (χ4v) is 3.46. The number of hydrogen-bond donors (Lipinski definition) is 1. The van der Waals surface area contributed by atoms with E-state index in [1.807, 2.05) is 11.0 Å². The van der Waals surface area contributed by atoms with Crippen molar-refractivity contribution in [3.05, 3.63) is 24.2 Å². The Kier molecular flexibility index (Phi) is 5.20. The van der Waals surface area contributed by atoms with Crippen LogP contribution in [-0.2, 0) is 16.1 Å². The molecule has 0 unspecified atom stereocenters. The van der Waals surface area contributed by atoms with Crippen molar-refractivity contribution in [3.8, 4) is 0 Å². The van der Waals surface area contributed by atoms with Crippen molar-refractivity contribution in [1.82, 2.24) is 14.7 Å². The van der Waals surface area contributed by atoms with E-state index in [1.54, 1.807) is 24.2 Å². The summed E-state index contributed by atoms with van der Waals surface area (Å²) in [6.07, 6.45) is 1.52. The predicted molar refractivity (Wildman–Crippen MR) is 86.9 cm³/mol. The molecule has 2 amide bonds. The quantitative estimate of drug-likeness (QED) is 0.829. The molecule has 1 N–H and O–H groups in total. The van der Waals surface area contributed by atoms with E-state index in [1.165, 1.54) is 0 Å². The molecule has 2 aliphatic heterocycles. The van der Waals surface area contributed by atoms with Crippen LogP contribution in [0.3, 0.4) is 0 Å². The molecule has 0 aliphatic carbocycles. The van der Waals surface area contributed by atoms with Gasteiger partial charge in [-0.25, -0.2) is 0 Å². The second-order valence-corrected chi connectivity index (χ2v) is 6.73. The van der Waals surface area contributed by atoms with Crippen LogP contribution in [0.4, 0.5) is 0 Å². The fourth-order valence-electron chi connectivity index (χ4n) is 3.46. The van der Waals surface area contributed by atoms with Gasteiger partial charge in [0.25, 0.3) is 0 Å². The van der Waals surface area contributed by atoms with Crippen molar-refractivity contribution in [2.24, 2.45) is 5.92 Å². The third kappa shape index (κ3) is 3.96. The molecule has 1 aromatic heterocycles. The van der Waals surface area contributed by atoms with Gasteiger partial charge in [-0.05, 0) is 19.1 Å². The van der Waals surface area contributed by atoms with E-state index in [0.29, 0.717) is 32.7 Å². The first-order chi connectivity index (χ1) is 11.5. The Morgan fingerprint density at radius 1 is 1.38 bits per heavy atom. The first-order valence-corrected chi connectivity index (χ1v) is 8.52. The lowest BCUT2D eigenvalue weighted by Gasteiger charge is -2.36. The van der Waals surface area contributed by atoms with Crippen LogP contribution in [0.5, 0.6) is 0 Å². The van der Waals surface area contributed by atoms with Crippen molar-refractivity contribution in [2.45, 2.75) is 26.0 Å². The standard InChI is InChI=1S/C17H25N3O4/c1-13(21)10-18-4-6-19(7-5-18)17(23)14-9-16(22)20(11-14)12-15-3-2-8-24-15/h2-3,8,13-14,21H,4-7,9-12H2,1H3/t13-,14+/m1/s1. The van der Waals surface area contributed by atoms with Crippen molar-refractivity contribution < 1.29 is 19.1 Å². The molecule has 3 rings (SSSR count). The number of carbonyl (C=O) groups excluding carboxylic acids is 2. The molecular formula is C17H25N3O4. The molecule has 0 bridgehead atoms. The molecule has 132 valence electrons. The minimum atomic E-state index is -0.352. The molecule has 2 atom stereocenters.